The fraction of sp³-hybridized carbons (Fsp3) is 0.429. The minimum atomic E-state index is -0.556. The molecule has 6 heteroatoms. The first-order valence-electron chi connectivity index (χ1n) is 8.81. The van der Waals surface area contributed by atoms with Gasteiger partial charge in [-0.05, 0) is 67.0 Å². The molecule has 0 amide bonds. The van der Waals surface area contributed by atoms with Crippen LogP contribution in [-0.2, 0) is 29.0 Å². The van der Waals surface area contributed by atoms with Gasteiger partial charge in [-0.25, -0.2) is 0 Å². The Balaban J connectivity index is 0.00000114. The van der Waals surface area contributed by atoms with E-state index in [1.165, 1.54) is 22.0 Å². The van der Waals surface area contributed by atoms with Gasteiger partial charge in [0.1, 0.15) is 5.75 Å². The molecule has 1 unspecified atom stereocenters. The molecule has 0 aliphatic carbocycles. The van der Waals surface area contributed by atoms with Crippen LogP contribution in [0, 0.1) is 13.8 Å². The van der Waals surface area contributed by atoms with Gasteiger partial charge in [0.15, 0.2) is 0 Å². The van der Waals surface area contributed by atoms with Gasteiger partial charge in [0.05, 0.1) is 0 Å². The van der Waals surface area contributed by atoms with Crippen molar-refractivity contribution in [1.29, 1.82) is 0 Å². The Hall–Kier alpha value is -0.0757. The fourth-order valence-electron chi connectivity index (χ4n) is 2.82. The molecule has 2 aromatic carbocycles. The Bertz CT molecular complexity index is 761. The number of rotatable bonds is 4. The van der Waals surface area contributed by atoms with Gasteiger partial charge in [0.2, 0.25) is 0 Å². The predicted molar refractivity (Wildman–Crippen MR) is 119 cm³/mol. The third kappa shape index (κ3) is 7.69. The summed E-state index contributed by atoms with van der Waals surface area (Å²) in [6.07, 6.45) is 0. The quantitative estimate of drug-likeness (QED) is 0.488. The maximum atomic E-state index is 10.6. The zero-order chi connectivity index (χ0) is 20.8. The van der Waals surface area contributed by atoms with Crippen molar-refractivity contribution in [2.45, 2.75) is 46.6 Å². The van der Waals surface area contributed by atoms with Crippen LogP contribution < -0.4 is 10.6 Å². The van der Waals surface area contributed by atoms with Crippen molar-refractivity contribution in [3.8, 4) is 5.75 Å². The fourth-order valence-corrected chi connectivity index (χ4v) is 4.24. The zero-order valence-electron chi connectivity index (χ0n) is 17.2. The molecule has 0 aliphatic rings. The van der Waals surface area contributed by atoms with Crippen molar-refractivity contribution in [2.75, 3.05) is 14.1 Å². The van der Waals surface area contributed by atoms with Crippen LogP contribution in [-0.4, -0.2) is 24.1 Å². The van der Waals surface area contributed by atoms with Gasteiger partial charge in [0.25, 0.3) is 0 Å². The number of phenolic OH excluding ortho intramolecular Hbond substituents is 1. The molecule has 0 fully saturated rings. The van der Waals surface area contributed by atoms with Crippen LogP contribution in [0.1, 0.15) is 43.0 Å². The van der Waals surface area contributed by atoms with Gasteiger partial charge in [-0.3, -0.25) is 0 Å². The monoisotopic (exact) mass is 461 g/mol. The summed E-state index contributed by atoms with van der Waals surface area (Å²) in [5.74, 6) is 0.445. The van der Waals surface area contributed by atoms with Crippen molar-refractivity contribution in [1.82, 2.24) is 4.90 Å². The van der Waals surface area contributed by atoms with Crippen molar-refractivity contribution >= 4 is 37.8 Å². The molecule has 27 heavy (non-hydrogen) atoms. The van der Waals surface area contributed by atoms with E-state index < -0.39 is 17.0 Å². The summed E-state index contributed by atoms with van der Waals surface area (Å²) in [5, 5.41) is 13.0. The van der Waals surface area contributed by atoms with E-state index in [-0.39, 0.29) is 5.41 Å². The van der Waals surface area contributed by atoms with Crippen LogP contribution in [0.25, 0.3) is 0 Å². The first kappa shape index (κ1) is 25.0. The van der Waals surface area contributed by atoms with E-state index in [1.54, 1.807) is 0 Å². The van der Waals surface area contributed by atoms with E-state index in [9.17, 15) is 5.11 Å². The summed E-state index contributed by atoms with van der Waals surface area (Å²) in [7, 11) is 14.4. The van der Waals surface area contributed by atoms with Crippen molar-refractivity contribution in [2.24, 2.45) is 0 Å². The van der Waals surface area contributed by atoms with Crippen LogP contribution >= 0.6 is 27.2 Å². The Morgan fingerprint density at radius 1 is 1.07 bits per heavy atom. The van der Waals surface area contributed by atoms with E-state index in [1.807, 2.05) is 6.92 Å². The summed E-state index contributed by atoms with van der Waals surface area (Å²) >= 11 is -0.556. The number of halogens is 2. The number of hydrogen-bond donors (Lipinski definition) is 1. The predicted octanol–water partition coefficient (Wildman–Crippen LogP) is 5.37. The van der Waals surface area contributed by atoms with Crippen LogP contribution in [0.5, 0.6) is 5.75 Å². The van der Waals surface area contributed by atoms with E-state index in [0.717, 1.165) is 17.4 Å². The molecule has 1 N–H and O–H groups in total. The Morgan fingerprint density at radius 2 is 1.67 bits per heavy atom. The molecule has 0 bridgehead atoms. The number of aryl methyl sites for hydroxylation is 2. The summed E-state index contributed by atoms with van der Waals surface area (Å²) < 4.78 is 0. The Labute approximate surface area is 183 Å². The van der Waals surface area contributed by atoms with E-state index >= 15 is 0 Å². The van der Waals surface area contributed by atoms with Crippen LogP contribution in [0.15, 0.2) is 30.3 Å². The summed E-state index contributed by atoms with van der Waals surface area (Å²) in [6.45, 7) is 11.7. The zero-order valence-corrected chi connectivity index (χ0v) is 21.3. The molecule has 0 aromatic heterocycles. The first-order valence-corrected chi connectivity index (χ1v) is 14.1. The van der Waals surface area contributed by atoms with Gasteiger partial charge in [-0.2, -0.15) is 0 Å². The third-order valence-electron chi connectivity index (χ3n) is 4.27. The molecule has 0 heterocycles. The molecular formula is C21H30Cl2NOPTi. The molecule has 2 aromatic rings. The van der Waals surface area contributed by atoms with Crippen molar-refractivity contribution in [3.63, 3.8) is 0 Å². The molecular weight excluding hydrogens is 432 g/mol. The molecule has 1 atom stereocenters. The number of hydrogen-bond acceptors (Lipinski definition) is 2. The van der Waals surface area contributed by atoms with E-state index in [4.69, 9.17) is 18.6 Å². The average Bonchev–Trinajstić information content (AvgIpc) is 2.53. The summed E-state index contributed by atoms with van der Waals surface area (Å²) in [5.41, 5.74) is 4.97. The van der Waals surface area contributed by atoms with Crippen molar-refractivity contribution < 1.29 is 22.1 Å². The first-order chi connectivity index (χ1) is 12.5. The third-order valence-corrected chi connectivity index (χ3v) is 5.89. The second-order valence-electron chi connectivity index (χ2n) is 7.98. The maximum absolute atomic E-state index is 10.6. The number of nitrogens with zero attached hydrogens (tertiary/aromatic N) is 1. The number of phenols is 1. The average molecular weight is 462 g/mol. The van der Waals surface area contributed by atoms with E-state index in [0.29, 0.717) is 14.3 Å². The molecule has 0 aliphatic heterocycles. The molecule has 2 nitrogen and oxygen atoms in total. The standard InChI is InChI=1S/C21H30NOP.2ClH.Ti/c1-14-9-8-10-16(13-22(6)7)20(14)24-18-12-17(21(3,4)5)11-15(2)19(18)23;;;/h8-12,23-24H,13H2,1-7H3;2*1H;/q;;;+2/p-2. The van der Waals surface area contributed by atoms with Gasteiger partial charge in [0, 0.05) is 11.8 Å². The molecule has 0 spiro atoms. The molecule has 0 saturated carbocycles. The second-order valence-corrected chi connectivity index (χ2v) is 11.9. The summed E-state index contributed by atoms with van der Waals surface area (Å²) in [6, 6.07) is 10.8. The van der Waals surface area contributed by atoms with Gasteiger partial charge in [-0.1, -0.05) is 53.6 Å². The van der Waals surface area contributed by atoms with Crippen LogP contribution in [0.3, 0.4) is 0 Å². The van der Waals surface area contributed by atoms with Gasteiger partial charge in [-0.15, -0.1) is 0 Å². The minimum absolute atomic E-state index is 0.0793. The second kappa shape index (κ2) is 11.2. The van der Waals surface area contributed by atoms with E-state index in [2.05, 4.69) is 77.0 Å². The summed E-state index contributed by atoms with van der Waals surface area (Å²) in [4.78, 5) is 2.19. The van der Waals surface area contributed by atoms with Gasteiger partial charge < -0.3 is 10.0 Å². The molecule has 0 saturated heterocycles. The molecule has 0 radical (unpaired) electrons. The van der Waals surface area contributed by atoms with Gasteiger partial charge >= 0.3 is 35.6 Å². The number of aromatic hydroxyl groups is 1. The normalized spacial score (nSPS) is 11.6. The molecule has 148 valence electrons. The Morgan fingerprint density at radius 3 is 2.19 bits per heavy atom. The van der Waals surface area contributed by atoms with Crippen LogP contribution in [0.4, 0.5) is 0 Å². The topological polar surface area (TPSA) is 23.5 Å². The SMILES string of the molecule is Cc1cc(C(C)(C)C)cc(Pc2c(C)cccc2CN(C)C)c1O.[Cl][Ti][Cl]. The van der Waals surface area contributed by atoms with Crippen LogP contribution in [0.2, 0.25) is 0 Å². The number of benzene rings is 2. The van der Waals surface area contributed by atoms with Crippen molar-refractivity contribution in [3.05, 3.63) is 52.6 Å². The Kier molecular flexibility index (Phi) is 10.4. The molecule has 2 rings (SSSR count).